The first-order chi connectivity index (χ1) is 24.4. The molecule has 0 N–H and O–H groups in total. The molecule has 0 aromatic heterocycles. The van der Waals surface area contributed by atoms with E-state index < -0.39 is 58.8 Å². The Morgan fingerprint density at radius 2 is 1.04 bits per heavy atom. The molecular formula is C39H28F12O. The van der Waals surface area contributed by atoms with E-state index in [4.69, 9.17) is 4.74 Å². The molecule has 52 heavy (non-hydrogen) atoms. The van der Waals surface area contributed by atoms with E-state index in [0.29, 0.717) is 35.2 Å². The van der Waals surface area contributed by atoms with E-state index in [1.807, 2.05) is 6.92 Å². The minimum atomic E-state index is -5.96. The minimum Gasteiger partial charge on any atom is -0.429 e. The summed E-state index contributed by atoms with van der Waals surface area (Å²) >= 11 is 0. The zero-order valence-electron chi connectivity index (χ0n) is 27.1. The number of halogens is 12. The molecule has 0 bridgehead atoms. The van der Waals surface area contributed by atoms with Gasteiger partial charge in [-0.1, -0.05) is 68.3 Å². The van der Waals surface area contributed by atoms with Crippen molar-refractivity contribution in [1.82, 2.24) is 0 Å². The average molecular weight is 741 g/mol. The van der Waals surface area contributed by atoms with E-state index in [0.717, 1.165) is 49.6 Å². The van der Waals surface area contributed by atoms with E-state index >= 15 is 8.78 Å². The first-order valence-electron chi connectivity index (χ1n) is 15.9. The first kappa shape index (κ1) is 38.3. The maximum absolute atomic E-state index is 15.3. The molecule has 1 atom stereocenters. The monoisotopic (exact) mass is 740 g/mol. The third kappa shape index (κ3) is 8.24. The van der Waals surface area contributed by atoms with Crippen LogP contribution in [-0.2, 0) is 18.5 Å². The molecule has 0 fully saturated rings. The zero-order chi connectivity index (χ0) is 38.0. The van der Waals surface area contributed by atoms with E-state index in [9.17, 15) is 43.9 Å². The summed E-state index contributed by atoms with van der Waals surface area (Å²) in [6.45, 7) is 2.01. The zero-order valence-corrected chi connectivity index (χ0v) is 27.1. The highest BCUT2D eigenvalue weighted by Gasteiger charge is 2.58. The fourth-order valence-electron chi connectivity index (χ4n) is 5.59. The Hall–Kier alpha value is -4.94. The standard InChI is InChI=1S/C39H28F12O/c1-2-3-4-5-22-6-16-31(34(42)18-22)39(50,51)52-27-12-7-23(8-13-27)24-9-14-28(32(40)19-24)25-10-15-29(33(41)20-25)26-11-17-30(35(43)21-26)37(45,46)36(44)38(47,48)49/h6-21,36H,2-5H2,1H3. The van der Waals surface area contributed by atoms with Gasteiger partial charge >= 0.3 is 18.2 Å². The summed E-state index contributed by atoms with van der Waals surface area (Å²) in [5.41, 5.74) is -2.32. The van der Waals surface area contributed by atoms with Crippen molar-refractivity contribution in [3.8, 4) is 39.1 Å². The van der Waals surface area contributed by atoms with Crippen LogP contribution in [0.4, 0.5) is 52.7 Å². The van der Waals surface area contributed by atoms with E-state index in [2.05, 4.69) is 0 Å². The lowest BCUT2D eigenvalue weighted by Gasteiger charge is -2.23. The van der Waals surface area contributed by atoms with Crippen molar-refractivity contribution in [2.75, 3.05) is 0 Å². The van der Waals surface area contributed by atoms with Gasteiger partial charge in [0.05, 0.1) is 11.1 Å². The van der Waals surface area contributed by atoms with Crippen molar-refractivity contribution >= 4 is 0 Å². The highest BCUT2D eigenvalue weighted by atomic mass is 19.4. The van der Waals surface area contributed by atoms with Crippen LogP contribution in [0.15, 0.2) is 97.1 Å². The lowest BCUT2D eigenvalue weighted by molar-refractivity contribution is -0.248. The van der Waals surface area contributed by atoms with Gasteiger partial charge in [-0.25, -0.2) is 22.0 Å². The van der Waals surface area contributed by atoms with E-state index in [-0.39, 0.29) is 34.1 Å². The number of benzene rings is 5. The third-order valence-corrected chi connectivity index (χ3v) is 8.34. The van der Waals surface area contributed by atoms with Crippen molar-refractivity contribution in [2.24, 2.45) is 0 Å². The molecular weight excluding hydrogens is 712 g/mol. The van der Waals surface area contributed by atoms with Crippen LogP contribution in [0.3, 0.4) is 0 Å². The number of rotatable bonds is 12. The predicted molar refractivity (Wildman–Crippen MR) is 172 cm³/mol. The van der Waals surface area contributed by atoms with Gasteiger partial charge in [0.15, 0.2) is 0 Å². The fraction of sp³-hybridized carbons (Fsp3) is 0.231. The van der Waals surface area contributed by atoms with Crippen LogP contribution in [-0.4, -0.2) is 12.3 Å². The van der Waals surface area contributed by atoms with Crippen LogP contribution in [0.25, 0.3) is 33.4 Å². The molecule has 5 aromatic carbocycles. The quantitative estimate of drug-likeness (QED) is 0.0914. The van der Waals surface area contributed by atoms with Crippen molar-refractivity contribution < 1.29 is 57.4 Å². The van der Waals surface area contributed by atoms with Crippen molar-refractivity contribution in [3.05, 3.63) is 137 Å². The molecule has 13 heteroatoms. The Bertz CT molecular complexity index is 2040. The molecule has 0 aliphatic heterocycles. The van der Waals surface area contributed by atoms with Crippen molar-refractivity contribution in [3.63, 3.8) is 0 Å². The summed E-state index contributed by atoms with van der Waals surface area (Å²) in [6, 6.07) is 16.9. The highest BCUT2D eigenvalue weighted by molar-refractivity contribution is 5.74. The maximum Gasteiger partial charge on any atom is 0.429 e. The Kier molecular flexibility index (Phi) is 11.0. The second-order valence-corrected chi connectivity index (χ2v) is 12.0. The molecule has 1 unspecified atom stereocenters. The van der Waals surface area contributed by atoms with E-state index in [1.54, 1.807) is 0 Å². The Morgan fingerprint density at radius 1 is 0.538 bits per heavy atom. The normalized spacial score (nSPS) is 12.9. The van der Waals surface area contributed by atoms with Crippen LogP contribution < -0.4 is 4.74 Å². The summed E-state index contributed by atoms with van der Waals surface area (Å²) in [4.78, 5) is 0. The van der Waals surface area contributed by atoms with Crippen LogP contribution in [0.1, 0.15) is 42.9 Å². The van der Waals surface area contributed by atoms with Gasteiger partial charge in [-0.05, 0) is 89.2 Å². The number of alkyl halides is 8. The number of aryl methyl sites for hydroxylation is 1. The largest absolute Gasteiger partial charge is 0.429 e. The summed E-state index contributed by atoms with van der Waals surface area (Å²) in [5, 5.41) is 0. The van der Waals surface area contributed by atoms with E-state index in [1.165, 1.54) is 48.5 Å². The molecule has 274 valence electrons. The summed E-state index contributed by atoms with van der Waals surface area (Å²) in [5.74, 6) is -10.4. The molecule has 0 saturated carbocycles. The second kappa shape index (κ2) is 15.0. The van der Waals surface area contributed by atoms with Crippen LogP contribution in [0.2, 0.25) is 0 Å². The topological polar surface area (TPSA) is 9.23 Å². The number of hydrogen-bond donors (Lipinski definition) is 0. The van der Waals surface area contributed by atoms with Gasteiger partial charge in [-0.15, -0.1) is 0 Å². The number of ether oxygens (including phenoxy) is 1. The smallest absolute Gasteiger partial charge is 0.429 e. The predicted octanol–water partition coefficient (Wildman–Crippen LogP) is 13.1. The van der Waals surface area contributed by atoms with Crippen LogP contribution in [0.5, 0.6) is 5.75 Å². The molecule has 0 radical (unpaired) electrons. The molecule has 0 aliphatic rings. The summed E-state index contributed by atoms with van der Waals surface area (Å²) in [7, 11) is 0. The Labute approximate surface area is 290 Å². The molecule has 1 nitrogen and oxygen atoms in total. The van der Waals surface area contributed by atoms with Gasteiger partial charge in [0.2, 0.25) is 0 Å². The first-order valence-corrected chi connectivity index (χ1v) is 15.9. The Morgan fingerprint density at radius 3 is 1.58 bits per heavy atom. The van der Waals surface area contributed by atoms with Crippen LogP contribution in [0, 0.1) is 23.3 Å². The van der Waals surface area contributed by atoms with Gasteiger partial charge in [0, 0.05) is 11.1 Å². The summed E-state index contributed by atoms with van der Waals surface area (Å²) in [6.07, 6.45) is -11.4. The molecule has 0 aliphatic carbocycles. The maximum atomic E-state index is 15.3. The SMILES string of the molecule is CCCCCc1ccc(C(F)(F)Oc2ccc(-c3ccc(-c4ccc(-c5ccc(C(F)(F)C(F)C(F)(F)F)c(F)c5)c(F)c4)c(F)c3)cc2)c(F)c1. The van der Waals surface area contributed by atoms with Gasteiger partial charge < -0.3 is 4.74 Å². The van der Waals surface area contributed by atoms with Crippen molar-refractivity contribution in [2.45, 2.75) is 57.0 Å². The lowest BCUT2D eigenvalue weighted by Crippen LogP contribution is -2.40. The highest BCUT2D eigenvalue weighted by Crippen LogP contribution is 2.44. The fourth-order valence-corrected chi connectivity index (χ4v) is 5.59. The molecule has 0 amide bonds. The molecule has 0 saturated heterocycles. The molecule has 0 spiro atoms. The number of hydrogen-bond acceptors (Lipinski definition) is 1. The summed E-state index contributed by atoms with van der Waals surface area (Å²) < 4.78 is 173. The Balaban J connectivity index is 1.30. The third-order valence-electron chi connectivity index (χ3n) is 8.34. The van der Waals surface area contributed by atoms with Crippen molar-refractivity contribution in [1.29, 1.82) is 0 Å². The molecule has 5 rings (SSSR count). The minimum absolute atomic E-state index is 0.00609. The van der Waals surface area contributed by atoms with Gasteiger partial charge in [-0.2, -0.15) is 30.7 Å². The molecule has 5 aromatic rings. The van der Waals surface area contributed by atoms with Crippen LogP contribution >= 0.6 is 0 Å². The lowest BCUT2D eigenvalue weighted by atomic mass is 9.95. The molecule has 0 heterocycles. The van der Waals surface area contributed by atoms with Gasteiger partial charge in [-0.3, -0.25) is 0 Å². The average Bonchev–Trinajstić information content (AvgIpc) is 3.07. The second-order valence-electron chi connectivity index (χ2n) is 12.0. The number of unbranched alkanes of at least 4 members (excludes halogenated alkanes) is 2. The van der Waals surface area contributed by atoms with Gasteiger partial charge in [0.1, 0.15) is 29.0 Å². The van der Waals surface area contributed by atoms with Gasteiger partial charge in [0.25, 0.3) is 6.17 Å².